The molecule has 0 aliphatic rings. The molecule has 4 nitrogen and oxygen atoms in total. The van der Waals surface area contributed by atoms with Crippen molar-refractivity contribution in [3.8, 4) is 6.07 Å². The third kappa shape index (κ3) is 2.56. The van der Waals surface area contributed by atoms with E-state index in [0.29, 0.717) is 0 Å². The Labute approximate surface area is 96.8 Å². The minimum Gasteiger partial charge on any atom is -0.461 e. The predicted molar refractivity (Wildman–Crippen MR) is 54.6 cm³/mol. The van der Waals surface area contributed by atoms with E-state index in [1.807, 2.05) is 0 Å². The van der Waals surface area contributed by atoms with Gasteiger partial charge in [0.2, 0.25) is 0 Å². The number of nitriles is 1. The maximum atomic E-state index is 12.6. The number of pyridine rings is 1. The van der Waals surface area contributed by atoms with Crippen molar-refractivity contribution in [1.82, 2.24) is 4.98 Å². The maximum Gasteiger partial charge on any atom is 0.358 e. The van der Waals surface area contributed by atoms with Gasteiger partial charge in [0.25, 0.3) is 6.43 Å². The number of aromatic nitrogens is 1. The number of rotatable bonds is 3. The summed E-state index contributed by atoms with van der Waals surface area (Å²) in [5.41, 5.74) is -0.687. The van der Waals surface area contributed by atoms with Crippen molar-refractivity contribution in [3.05, 3.63) is 28.6 Å². The van der Waals surface area contributed by atoms with Gasteiger partial charge in [-0.1, -0.05) is 0 Å². The quantitative estimate of drug-likeness (QED) is 0.761. The van der Waals surface area contributed by atoms with Gasteiger partial charge in [-0.25, -0.2) is 18.6 Å². The fraction of sp³-hybridized carbons (Fsp3) is 0.364. The molecule has 1 aromatic rings. The number of nitrogens with zero attached hydrogens (tertiary/aromatic N) is 2. The lowest BCUT2D eigenvalue weighted by Crippen LogP contribution is -2.12. The van der Waals surface area contributed by atoms with E-state index < -0.39 is 12.4 Å². The van der Waals surface area contributed by atoms with E-state index in [2.05, 4.69) is 9.72 Å². The minimum atomic E-state index is -2.73. The molecular weight excluding hydrogens is 230 g/mol. The summed E-state index contributed by atoms with van der Waals surface area (Å²) in [6.07, 6.45) is -1.83. The molecule has 0 aliphatic carbocycles. The Morgan fingerprint density at radius 2 is 2.29 bits per heavy atom. The number of halogens is 2. The number of carbonyl (C=O) groups excluding carboxylic acids is 1. The van der Waals surface area contributed by atoms with E-state index in [1.165, 1.54) is 6.92 Å². The zero-order chi connectivity index (χ0) is 13.0. The van der Waals surface area contributed by atoms with Crippen molar-refractivity contribution in [3.63, 3.8) is 0 Å². The summed E-state index contributed by atoms with van der Waals surface area (Å²) in [6.45, 7) is 3.08. The van der Waals surface area contributed by atoms with Crippen molar-refractivity contribution in [2.45, 2.75) is 20.3 Å². The molecule has 1 rings (SSSR count). The Bertz CT molecular complexity index is 481. The standard InChI is InChI=1S/C11H10F2N2O2/c1-3-17-11(16)9-7(4-14)6(2)8(5-15-9)10(12)13/h5,10H,3H2,1-2H3. The SMILES string of the molecule is CCOC(=O)c1ncc(C(F)F)c(C)c1C#N. The molecule has 0 N–H and O–H groups in total. The highest BCUT2D eigenvalue weighted by molar-refractivity contribution is 5.90. The molecule has 0 radical (unpaired) electrons. The summed E-state index contributed by atoms with van der Waals surface area (Å²) < 4.78 is 29.8. The highest BCUT2D eigenvalue weighted by atomic mass is 19.3. The molecule has 1 heterocycles. The van der Waals surface area contributed by atoms with Gasteiger partial charge in [-0.3, -0.25) is 0 Å². The van der Waals surface area contributed by atoms with Gasteiger partial charge in [-0.15, -0.1) is 0 Å². The Morgan fingerprint density at radius 1 is 1.65 bits per heavy atom. The zero-order valence-electron chi connectivity index (χ0n) is 9.33. The smallest absolute Gasteiger partial charge is 0.358 e. The van der Waals surface area contributed by atoms with E-state index in [1.54, 1.807) is 13.0 Å². The Morgan fingerprint density at radius 3 is 2.76 bits per heavy atom. The van der Waals surface area contributed by atoms with Crippen LogP contribution in [0.1, 0.15) is 40.5 Å². The van der Waals surface area contributed by atoms with Gasteiger partial charge in [0, 0.05) is 11.8 Å². The van der Waals surface area contributed by atoms with Crippen LogP contribution >= 0.6 is 0 Å². The summed E-state index contributed by atoms with van der Waals surface area (Å²) in [6, 6.07) is 1.70. The first kappa shape index (κ1) is 13.0. The number of hydrogen-bond acceptors (Lipinski definition) is 4. The Kier molecular flexibility index (Phi) is 4.10. The van der Waals surface area contributed by atoms with Gasteiger partial charge >= 0.3 is 5.97 Å². The van der Waals surface area contributed by atoms with Crippen LogP contribution in [0.5, 0.6) is 0 Å². The van der Waals surface area contributed by atoms with Gasteiger partial charge in [-0.05, 0) is 19.4 Å². The summed E-state index contributed by atoms with van der Waals surface area (Å²) >= 11 is 0. The Balaban J connectivity index is 3.32. The maximum absolute atomic E-state index is 12.6. The lowest BCUT2D eigenvalue weighted by atomic mass is 10.0. The van der Waals surface area contributed by atoms with Crippen molar-refractivity contribution < 1.29 is 18.3 Å². The van der Waals surface area contributed by atoms with Crippen LogP contribution in [0.2, 0.25) is 0 Å². The van der Waals surface area contributed by atoms with Crippen molar-refractivity contribution in [2.24, 2.45) is 0 Å². The lowest BCUT2D eigenvalue weighted by molar-refractivity contribution is 0.0518. The van der Waals surface area contributed by atoms with Crippen LogP contribution in [0.4, 0.5) is 8.78 Å². The van der Waals surface area contributed by atoms with Crippen LogP contribution in [0.3, 0.4) is 0 Å². The molecule has 0 aliphatic heterocycles. The van der Waals surface area contributed by atoms with Crippen LogP contribution in [0.15, 0.2) is 6.20 Å². The third-order valence-electron chi connectivity index (χ3n) is 2.19. The number of ether oxygens (including phenoxy) is 1. The lowest BCUT2D eigenvalue weighted by Gasteiger charge is -2.09. The molecule has 0 saturated carbocycles. The molecule has 0 fully saturated rings. The van der Waals surface area contributed by atoms with Gasteiger partial charge in [0.15, 0.2) is 5.69 Å². The average Bonchev–Trinajstić information content (AvgIpc) is 2.28. The monoisotopic (exact) mass is 240 g/mol. The fourth-order valence-corrected chi connectivity index (χ4v) is 1.33. The molecule has 1 aromatic heterocycles. The van der Waals surface area contributed by atoms with Crippen LogP contribution in [-0.4, -0.2) is 17.6 Å². The van der Waals surface area contributed by atoms with E-state index in [9.17, 15) is 13.6 Å². The predicted octanol–water partition coefficient (Wildman–Crippen LogP) is 2.38. The second-order valence-corrected chi connectivity index (χ2v) is 3.20. The molecule has 0 saturated heterocycles. The second kappa shape index (κ2) is 5.34. The summed E-state index contributed by atoms with van der Waals surface area (Å²) in [7, 11) is 0. The number of carbonyl (C=O) groups is 1. The number of esters is 1. The van der Waals surface area contributed by atoms with Gasteiger partial charge in [0.05, 0.1) is 12.2 Å². The third-order valence-corrected chi connectivity index (χ3v) is 2.19. The fourth-order valence-electron chi connectivity index (χ4n) is 1.33. The molecule has 6 heteroatoms. The molecular formula is C11H10F2N2O2. The average molecular weight is 240 g/mol. The van der Waals surface area contributed by atoms with Crippen LogP contribution in [-0.2, 0) is 4.74 Å². The molecule has 0 amide bonds. The van der Waals surface area contributed by atoms with Gasteiger partial charge < -0.3 is 4.74 Å². The van der Waals surface area contributed by atoms with E-state index in [4.69, 9.17) is 5.26 Å². The van der Waals surface area contributed by atoms with Crippen LogP contribution < -0.4 is 0 Å². The molecule has 17 heavy (non-hydrogen) atoms. The first-order chi connectivity index (χ1) is 8.02. The first-order valence-corrected chi connectivity index (χ1v) is 4.87. The summed E-state index contributed by atoms with van der Waals surface area (Å²) in [5.74, 6) is -0.784. The highest BCUT2D eigenvalue weighted by Gasteiger charge is 2.21. The summed E-state index contributed by atoms with van der Waals surface area (Å²) in [5, 5.41) is 8.88. The van der Waals surface area contributed by atoms with E-state index in [0.717, 1.165) is 6.20 Å². The molecule has 0 unspecified atom stereocenters. The van der Waals surface area contributed by atoms with E-state index in [-0.39, 0.29) is 29.0 Å². The second-order valence-electron chi connectivity index (χ2n) is 3.20. The minimum absolute atomic E-state index is 0.0561. The zero-order valence-corrected chi connectivity index (χ0v) is 9.33. The molecule has 0 aromatic carbocycles. The largest absolute Gasteiger partial charge is 0.461 e. The Hall–Kier alpha value is -2.03. The molecule has 0 atom stereocenters. The topological polar surface area (TPSA) is 63.0 Å². The van der Waals surface area contributed by atoms with Gasteiger partial charge in [0.1, 0.15) is 6.07 Å². The van der Waals surface area contributed by atoms with Crippen molar-refractivity contribution in [1.29, 1.82) is 5.26 Å². The summed E-state index contributed by atoms with van der Waals surface area (Å²) in [4.78, 5) is 15.0. The normalized spacial score (nSPS) is 10.1. The number of hydrogen-bond donors (Lipinski definition) is 0. The number of alkyl halides is 2. The molecule has 90 valence electrons. The highest BCUT2D eigenvalue weighted by Crippen LogP contribution is 2.25. The van der Waals surface area contributed by atoms with Crippen molar-refractivity contribution >= 4 is 5.97 Å². The van der Waals surface area contributed by atoms with Crippen molar-refractivity contribution in [2.75, 3.05) is 6.61 Å². The molecule has 0 spiro atoms. The van der Waals surface area contributed by atoms with Gasteiger partial charge in [-0.2, -0.15) is 5.26 Å². The first-order valence-electron chi connectivity index (χ1n) is 4.87. The van der Waals surface area contributed by atoms with E-state index >= 15 is 0 Å². The molecule has 0 bridgehead atoms. The van der Waals surface area contributed by atoms with Crippen LogP contribution in [0, 0.1) is 18.3 Å². The van der Waals surface area contributed by atoms with Crippen LogP contribution in [0.25, 0.3) is 0 Å².